The first-order chi connectivity index (χ1) is 30.7. The Morgan fingerprint density at radius 3 is 1.68 bits per heavy atom. The van der Waals surface area contributed by atoms with Crippen molar-refractivity contribution in [3.05, 3.63) is 218 Å². The van der Waals surface area contributed by atoms with Crippen LogP contribution in [-0.2, 0) is 0 Å². The van der Waals surface area contributed by atoms with Crippen LogP contribution in [0.25, 0.3) is 101 Å². The maximum Gasteiger partial charge on any atom is 0.109 e. The van der Waals surface area contributed by atoms with Gasteiger partial charge in [-0.2, -0.15) is 0 Å². The lowest BCUT2D eigenvalue weighted by molar-refractivity contribution is 1.30. The predicted molar refractivity (Wildman–Crippen MR) is 269 cm³/mol. The molecule has 0 fully saturated rings. The van der Waals surface area contributed by atoms with Crippen molar-refractivity contribution in [1.29, 1.82) is 0 Å². The van der Waals surface area contributed by atoms with Crippen molar-refractivity contribution in [3.63, 3.8) is 0 Å². The topological polar surface area (TPSA) is 7.65 Å². The van der Waals surface area contributed by atoms with Crippen molar-refractivity contribution < 1.29 is 0 Å². The Bertz CT molecular complexity index is 3860. The van der Waals surface area contributed by atoms with Gasteiger partial charge in [-0.1, -0.05) is 164 Å². The molecule has 0 unspecified atom stereocenters. The summed E-state index contributed by atoms with van der Waals surface area (Å²) < 4.78 is 6.35. The number of fused-ring (bicyclic) bond motifs is 10. The van der Waals surface area contributed by atoms with Crippen LogP contribution in [0.4, 0.5) is 17.1 Å². The summed E-state index contributed by atoms with van der Waals surface area (Å²) in [6.07, 6.45) is 0. The van der Waals surface area contributed by atoms with Crippen LogP contribution in [-0.4, -0.2) is 4.40 Å². The monoisotopic (exact) mass is 824 g/mol. The molecule has 0 aliphatic rings. The molecule has 0 aliphatic heterocycles. The minimum atomic E-state index is 1.12. The summed E-state index contributed by atoms with van der Waals surface area (Å²) in [4.78, 5) is 3.71. The quantitative estimate of drug-likeness (QED) is 0.162. The third kappa shape index (κ3) is 5.47. The molecule has 3 heterocycles. The van der Waals surface area contributed by atoms with Crippen LogP contribution >= 0.6 is 22.7 Å². The number of thiazole rings is 1. The van der Waals surface area contributed by atoms with Gasteiger partial charge < -0.3 is 4.90 Å². The number of rotatable bonds is 6. The van der Waals surface area contributed by atoms with Gasteiger partial charge in [-0.3, -0.25) is 4.40 Å². The van der Waals surface area contributed by atoms with E-state index < -0.39 is 0 Å². The predicted octanol–water partition coefficient (Wildman–Crippen LogP) is 17.5. The second-order valence-corrected chi connectivity index (χ2v) is 18.1. The normalized spacial score (nSPS) is 11.9. The first-order valence-electron chi connectivity index (χ1n) is 21.1. The highest BCUT2D eigenvalue weighted by Crippen LogP contribution is 2.47. The lowest BCUT2D eigenvalue weighted by Crippen LogP contribution is -2.10. The first kappa shape index (κ1) is 35.3. The van der Waals surface area contributed by atoms with E-state index in [4.69, 9.17) is 0 Å². The molecule has 62 heavy (non-hydrogen) atoms. The van der Waals surface area contributed by atoms with E-state index in [2.05, 4.69) is 228 Å². The van der Waals surface area contributed by atoms with Gasteiger partial charge in [0.15, 0.2) is 0 Å². The third-order valence-corrected chi connectivity index (χ3v) is 15.0. The molecule has 0 N–H and O–H groups in total. The van der Waals surface area contributed by atoms with Gasteiger partial charge in [0.2, 0.25) is 0 Å². The highest BCUT2D eigenvalue weighted by molar-refractivity contribution is 7.26. The van der Waals surface area contributed by atoms with Gasteiger partial charge in [0.05, 0.1) is 26.1 Å². The average molecular weight is 825 g/mol. The molecule has 0 radical (unpaired) electrons. The molecule has 0 saturated heterocycles. The Balaban J connectivity index is 0.938. The van der Waals surface area contributed by atoms with Crippen molar-refractivity contribution in [1.82, 2.24) is 4.40 Å². The molecule has 13 aromatic rings. The molecule has 0 saturated carbocycles. The van der Waals surface area contributed by atoms with Gasteiger partial charge in [0.25, 0.3) is 0 Å². The van der Waals surface area contributed by atoms with Gasteiger partial charge in [-0.05, 0) is 104 Å². The first-order valence-corrected chi connectivity index (χ1v) is 22.7. The zero-order valence-corrected chi connectivity index (χ0v) is 35.1. The van der Waals surface area contributed by atoms with Crippen LogP contribution in [0.2, 0.25) is 0 Å². The van der Waals surface area contributed by atoms with Crippen molar-refractivity contribution in [2.45, 2.75) is 0 Å². The number of nitrogens with zero attached hydrogens (tertiary/aromatic N) is 2. The maximum atomic E-state index is 2.49. The van der Waals surface area contributed by atoms with E-state index in [0.717, 1.165) is 11.4 Å². The third-order valence-electron chi connectivity index (χ3n) is 12.6. The molecular formula is C58H36N2S2. The van der Waals surface area contributed by atoms with Crippen molar-refractivity contribution >= 4 is 107 Å². The molecular weight excluding hydrogens is 789 g/mol. The standard InChI is InChI=1S/C58H36N2S2/c1-3-16-44-38(12-1)14-9-20-45(44)40-28-33-43(34-29-40)59(52-24-11-22-49-47-18-6-8-25-54(47)61-57(49)52)42-31-26-37(27-32-42)41-30-35-55-53(36-41)60-51-23-7-5-19-50(51)56(58(60)62-55)48-21-10-15-39-13-2-4-17-46(39)48/h1-36H. The minimum Gasteiger partial charge on any atom is -0.309 e. The molecule has 0 spiro atoms. The maximum absolute atomic E-state index is 2.49. The molecule has 13 rings (SSSR count). The van der Waals surface area contributed by atoms with E-state index in [1.54, 1.807) is 0 Å². The van der Waals surface area contributed by atoms with Crippen LogP contribution in [0.1, 0.15) is 0 Å². The molecule has 0 bridgehead atoms. The molecule has 290 valence electrons. The Morgan fingerprint density at radius 2 is 0.919 bits per heavy atom. The van der Waals surface area contributed by atoms with E-state index in [-0.39, 0.29) is 0 Å². The van der Waals surface area contributed by atoms with E-state index in [9.17, 15) is 0 Å². The molecule has 2 nitrogen and oxygen atoms in total. The van der Waals surface area contributed by atoms with Gasteiger partial charge in [0, 0.05) is 37.8 Å². The zero-order valence-electron chi connectivity index (χ0n) is 33.5. The Morgan fingerprint density at radius 1 is 0.355 bits per heavy atom. The van der Waals surface area contributed by atoms with Crippen LogP contribution in [0.5, 0.6) is 0 Å². The second kappa shape index (κ2) is 14.0. The van der Waals surface area contributed by atoms with Crippen molar-refractivity contribution in [3.8, 4) is 33.4 Å². The van der Waals surface area contributed by atoms with Crippen LogP contribution in [0.15, 0.2) is 218 Å². The molecule has 0 amide bonds. The van der Waals surface area contributed by atoms with E-state index >= 15 is 0 Å². The van der Waals surface area contributed by atoms with Crippen LogP contribution in [0, 0.1) is 0 Å². The Labute approximate surface area is 366 Å². The highest BCUT2D eigenvalue weighted by Gasteiger charge is 2.21. The number of anilines is 3. The number of thiophene rings is 1. The molecule has 0 atom stereocenters. The average Bonchev–Trinajstić information content (AvgIpc) is 4.01. The lowest BCUT2D eigenvalue weighted by atomic mass is 9.98. The van der Waals surface area contributed by atoms with Gasteiger partial charge in [0.1, 0.15) is 4.83 Å². The summed E-state index contributed by atoms with van der Waals surface area (Å²) in [7, 11) is 0. The van der Waals surface area contributed by atoms with Crippen LogP contribution in [0.3, 0.4) is 0 Å². The number of aromatic nitrogens is 1. The lowest BCUT2D eigenvalue weighted by Gasteiger charge is -2.26. The van der Waals surface area contributed by atoms with E-state index in [1.807, 2.05) is 22.7 Å². The van der Waals surface area contributed by atoms with Crippen molar-refractivity contribution in [2.75, 3.05) is 4.90 Å². The Kier molecular flexibility index (Phi) is 7.99. The number of para-hydroxylation sites is 1. The molecule has 3 aromatic heterocycles. The zero-order chi connectivity index (χ0) is 40.7. The highest BCUT2D eigenvalue weighted by atomic mass is 32.1. The second-order valence-electron chi connectivity index (χ2n) is 16.1. The van der Waals surface area contributed by atoms with Crippen molar-refractivity contribution in [2.24, 2.45) is 0 Å². The summed E-state index contributed by atoms with van der Waals surface area (Å²) in [6.45, 7) is 0. The van der Waals surface area contributed by atoms with E-state index in [0.29, 0.717) is 0 Å². The van der Waals surface area contributed by atoms with Crippen LogP contribution < -0.4 is 4.90 Å². The Hall–Kier alpha value is -7.50. The fourth-order valence-electron chi connectivity index (χ4n) is 9.72. The van der Waals surface area contributed by atoms with Gasteiger partial charge >= 0.3 is 0 Å². The number of hydrogen-bond acceptors (Lipinski definition) is 3. The summed E-state index contributed by atoms with van der Waals surface area (Å²) in [5.74, 6) is 0. The molecule has 4 heteroatoms. The fraction of sp³-hybridized carbons (Fsp3) is 0. The SMILES string of the molecule is c1ccc2c(-c3ccc(N(c4ccc(-c5ccc6sc7c(-c8cccc9ccccc89)c8ccccc8n7c6c5)cc4)c4cccc5c4sc4ccccc45)cc3)cccc2c1. The number of benzene rings is 10. The number of hydrogen-bond donors (Lipinski definition) is 0. The summed E-state index contributed by atoms with van der Waals surface area (Å²) in [5, 5.41) is 8.93. The minimum absolute atomic E-state index is 1.12. The summed E-state index contributed by atoms with van der Waals surface area (Å²) in [6, 6.07) is 80.3. The van der Waals surface area contributed by atoms with Gasteiger partial charge in [-0.25, -0.2) is 0 Å². The fourth-order valence-corrected chi connectivity index (χ4v) is 12.1. The molecule has 10 aromatic carbocycles. The largest absolute Gasteiger partial charge is 0.309 e. The van der Waals surface area contributed by atoms with Gasteiger partial charge in [-0.15, -0.1) is 22.7 Å². The van der Waals surface area contributed by atoms with E-state index in [1.165, 1.54) is 107 Å². The molecule has 0 aliphatic carbocycles. The summed E-state index contributed by atoms with van der Waals surface area (Å²) in [5.41, 5.74) is 13.3. The summed E-state index contributed by atoms with van der Waals surface area (Å²) >= 11 is 3.75. The smallest absolute Gasteiger partial charge is 0.109 e.